The fraction of sp³-hybridized carbons (Fsp3) is 1.00. The number of hydrogen-bond donors (Lipinski definition) is 1. The summed E-state index contributed by atoms with van der Waals surface area (Å²) in [5.41, 5.74) is 5.74. The van der Waals surface area contributed by atoms with Gasteiger partial charge in [-0.3, -0.25) is 4.90 Å². The van der Waals surface area contributed by atoms with Crippen molar-refractivity contribution in [2.24, 2.45) is 5.73 Å². The van der Waals surface area contributed by atoms with Crippen LogP contribution >= 0.6 is 0 Å². The first-order chi connectivity index (χ1) is 8.16. The monoisotopic (exact) mass is 267 g/mol. The Labute approximate surface area is 107 Å². The van der Waals surface area contributed by atoms with Gasteiger partial charge in [-0.05, 0) is 33.2 Å². The maximum atomic E-state index is 12.2. The number of hydrogen-bond acceptors (Lipinski definition) is 3. The molecule has 0 aliphatic carbocycles. The van der Waals surface area contributed by atoms with E-state index in [4.69, 9.17) is 5.73 Å². The number of rotatable bonds is 5. The van der Waals surface area contributed by atoms with E-state index in [9.17, 15) is 13.2 Å². The highest BCUT2D eigenvalue weighted by molar-refractivity contribution is 4.76. The normalized spacial score (nSPS) is 20.3. The van der Waals surface area contributed by atoms with Crippen LogP contribution in [0.2, 0.25) is 0 Å². The van der Waals surface area contributed by atoms with E-state index in [0.717, 1.165) is 32.5 Å². The number of halogens is 3. The Hall–Kier alpha value is -0.330. The van der Waals surface area contributed by atoms with Crippen LogP contribution in [0.25, 0.3) is 0 Å². The summed E-state index contributed by atoms with van der Waals surface area (Å²) in [5.74, 6) is 0. The molecular formula is C12H24F3N3. The Morgan fingerprint density at radius 3 is 1.94 bits per heavy atom. The molecule has 1 aliphatic rings. The van der Waals surface area contributed by atoms with Crippen LogP contribution in [-0.2, 0) is 0 Å². The highest BCUT2D eigenvalue weighted by Gasteiger charge is 2.31. The number of alkyl halides is 3. The van der Waals surface area contributed by atoms with Crippen LogP contribution in [0.15, 0.2) is 0 Å². The molecule has 0 bridgehead atoms. The van der Waals surface area contributed by atoms with Crippen molar-refractivity contribution in [3.05, 3.63) is 0 Å². The lowest BCUT2D eigenvalue weighted by Gasteiger charge is -2.35. The van der Waals surface area contributed by atoms with Crippen molar-refractivity contribution >= 4 is 0 Å². The highest BCUT2D eigenvalue weighted by Crippen LogP contribution is 2.17. The van der Waals surface area contributed by atoms with Gasteiger partial charge in [0.1, 0.15) is 0 Å². The van der Waals surface area contributed by atoms with Crippen molar-refractivity contribution in [3.63, 3.8) is 0 Å². The zero-order valence-electron chi connectivity index (χ0n) is 11.3. The maximum absolute atomic E-state index is 12.2. The van der Waals surface area contributed by atoms with Gasteiger partial charge in [-0.1, -0.05) is 0 Å². The third kappa shape index (κ3) is 7.18. The van der Waals surface area contributed by atoms with Crippen molar-refractivity contribution < 1.29 is 13.2 Å². The average molecular weight is 267 g/mol. The van der Waals surface area contributed by atoms with Crippen LogP contribution in [0.3, 0.4) is 0 Å². The van der Waals surface area contributed by atoms with Gasteiger partial charge >= 0.3 is 6.18 Å². The number of piperazine rings is 1. The lowest BCUT2D eigenvalue weighted by molar-refractivity contribution is -0.149. The third-order valence-electron chi connectivity index (χ3n) is 3.16. The van der Waals surface area contributed by atoms with Gasteiger partial charge in [0.05, 0.1) is 6.54 Å². The van der Waals surface area contributed by atoms with Crippen LogP contribution in [-0.4, -0.2) is 60.8 Å². The zero-order valence-corrected chi connectivity index (χ0v) is 11.3. The summed E-state index contributed by atoms with van der Waals surface area (Å²) in [4.78, 5) is 3.70. The molecule has 0 aromatic rings. The third-order valence-corrected chi connectivity index (χ3v) is 3.16. The van der Waals surface area contributed by atoms with Crippen molar-refractivity contribution in [1.29, 1.82) is 0 Å². The fourth-order valence-electron chi connectivity index (χ4n) is 2.18. The van der Waals surface area contributed by atoms with Crippen LogP contribution in [0.1, 0.15) is 26.7 Å². The summed E-state index contributed by atoms with van der Waals surface area (Å²) in [7, 11) is 0. The Bertz CT molecular complexity index is 240. The first-order valence-electron chi connectivity index (χ1n) is 6.46. The molecular weight excluding hydrogens is 243 g/mol. The van der Waals surface area contributed by atoms with Gasteiger partial charge in [0.25, 0.3) is 0 Å². The molecule has 0 aromatic heterocycles. The van der Waals surface area contributed by atoms with E-state index in [0.29, 0.717) is 13.1 Å². The predicted octanol–water partition coefficient (Wildman–Crippen LogP) is 1.68. The van der Waals surface area contributed by atoms with E-state index < -0.39 is 12.7 Å². The van der Waals surface area contributed by atoms with E-state index >= 15 is 0 Å². The Kier molecular flexibility index (Phi) is 5.43. The molecule has 0 spiro atoms. The molecule has 1 rings (SSSR count). The lowest BCUT2D eigenvalue weighted by Crippen LogP contribution is -2.49. The first-order valence-corrected chi connectivity index (χ1v) is 6.46. The standard InChI is InChI=1S/C12H24F3N3/c1-11(2,16)4-3-5-17-6-8-18(9-7-17)10-12(13,14)15/h3-10,16H2,1-2H3. The minimum absolute atomic E-state index is 0.155. The van der Waals surface area contributed by atoms with Crippen LogP contribution in [0.5, 0.6) is 0 Å². The van der Waals surface area contributed by atoms with E-state index in [-0.39, 0.29) is 5.54 Å². The topological polar surface area (TPSA) is 32.5 Å². The molecule has 1 heterocycles. The smallest absolute Gasteiger partial charge is 0.326 e. The summed E-state index contributed by atoms with van der Waals surface area (Å²) in [6.45, 7) is 6.60. The van der Waals surface area contributed by atoms with Gasteiger partial charge in [-0.25, -0.2) is 0 Å². The average Bonchev–Trinajstić information content (AvgIpc) is 2.16. The SMILES string of the molecule is CC(C)(N)CCCN1CCN(CC(F)(F)F)CC1. The van der Waals surface area contributed by atoms with Gasteiger partial charge in [-0.2, -0.15) is 13.2 Å². The number of nitrogens with two attached hydrogens (primary N) is 1. The largest absolute Gasteiger partial charge is 0.401 e. The second-order valence-corrected chi connectivity index (χ2v) is 5.83. The highest BCUT2D eigenvalue weighted by atomic mass is 19.4. The molecule has 2 N–H and O–H groups in total. The summed E-state index contributed by atoms with van der Waals surface area (Å²) in [6.07, 6.45) is -2.13. The molecule has 6 heteroatoms. The molecule has 0 atom stereocenters. The molecule has 0 saturated carbocycles. The minimum Gasteiger partial charge on any atom is -0.326 e. The van der Waals surface area contributed by atoms with Crippen molar-refractivity contribution in [3.8, 4) is 0 Å². The van der Waals surface area contributed by atoms with Crippen LogP contribution in [0, 0.1) is 0 Å². The summed E-state index contributed by atoms with van der Waals surface area (Å²) in [5, 5.41) is 0. The number of nitrogens with zero attached hydrogens (tertiary/aromatic N) is 2. The second-order valence-electron chi connectivity index (χ2n) is 5.83. The second kappa shape index (κ2) is 6.21. The Morgan fingerprint density at radius 2 is 1.50 bits per heavy atom. The molecule has 1 saturated heterocycles. The first kappa shape index (κ1) is 15.7. The minimum atomic E-state index is -4.08. The van der Waals surface area contributed by atoms with Crippen LogP contribution < -0.4 is 5.73 Å². The molecule has 0 aromatic carbocycles. The molecule has 0 amide bonds. The Morgan fingerprint density at radius 1 is 1.00 bits per heavy atom. The van der Waals surface area contributed by atoms with Gasteiger partial charge < -0.3 is 10.6 Å². The van der Waals surface area contributed by atoms with Crippen LogP contribution in [0.4, 0.5) is 13.2 Å². The summed E-state index contributed by atoms with van der Waals surface area (Å²) in [6, 6.07) is 0. The van der Waals surface area contributed by atoms with Crippen molar-refractivity contribution in [1.82, 2.24) is 9.80 Å². The molecule has 0 radical (unpaired) electrons. The quantitative estimate of drug-likeness (QED) is 0.822. The molecule has 1 aliphatic heterocycles. The van der Waals surface area contributed by atoms with Gasteiger partial charge in [0, 0.05) is 31.7 Å². The maximum Gasteiger partial charge on any atom is 0.401 e. The van der Waals surface area contributed by atoms with Crippen molar-refractivity contribution in [2.75, 3.05) is 39.3 Å². The predicted molar refractivity (Wildman–Crippen MR) is 66.4 cm³/mol. The molecule has 108 valence electrons. The van der Waals surface area contributed by atoms with E-state index in [1.807, 2.05) is 13.8 Å². The van der Waals surface area contributed by atoms with Gasteiger partial charge in [-0.15, -0.1) is 0 Å². The summed E-state index contributed by atoms with van der Waals surface area (Å²) < 4.78 is 36.6. The summed E-state index contributed by atoms with van der Waals surface area (Å²) >= 11 is 0. The van der Waals surface area contributed by atoms with Gasteiger partial charge in [0.15, 0.2) is 0 Å². The molecule has 0 unspecified atom stereocenters. The molecule has 3 nitrogen and oxygen atoms in total. The molecule has 1 fully saturated rings. The molecule has 18 heavy (non-hydrogen) atoms. The zero-order chi connectivity index (χ0) is 13.8. The lowest BCUT2D eigenvalue weighted by atomic mass is 10.00. The van der Waals surface area contributed by atoms with E-state index in [1.54, 1.807) is 0 Å². The Balaban J connectivity index is 2.16. The van der Waals surface area contributed by atoms with Crippen molar-refractivity contribution in [2.45, 2.75) is 38.4 Å². The van der Waals surface area contributed by atoms with E-state index in [2.05, 4.69) is 4.90 Å². The van der Waals surface area contributed by atoms with E-state index in [1.165, 1.54) is 4.90 Å². The fourth-order valence-corrected chi connectivity index (χ4v) is 2.18. The van der Waals surface area contributed by atoms with Gasteiger partial charge in [0.2, 0.25) is 0 Å².